The number of rotatable bonds is 6. The molecule has 8 heteroatoms. The Morgan fingerprint density at radius 1 is 1.21 bits per heavy atom. The van der Waals surface area contributed by atoms with Gasteiger partial charge in [-0.3, -0.25) is 14.5 Å². The molecule has 0 fully saturated rings. The second kappa shape index (κ2) is 6.63. The van der Waals surface area contributed by atoms with Crippen LogP contribution in [0.2, 0.25) is 0 Å². The fourth-order valence-electron chi connectivity index (χ4n) is 2.35. The maximum atomic E-state index is 12.1. The van der Waals surface area contributed by atoms with Crippen LogP contribution in [0, 0.1) is 0 Å². The van der Waals surface area contributed by atoms with E-state index in [0.29, 0.717) is 5.69 Å². The van der Waals surface area contributed by atoms with Crippen LogP contribution < -0.4 is 5.32 Å². The van der Waals surface area contributed by atoms with Gasteiger partial charge in [0.25, 0.3) is 11.8 Å². The number of benzene rings is 1. The van der Waals surface area contributed by atoms with Crippen molar-refractivity contribution >= 4 is 17.5 Å². The molecule has 0 aliphatic carbocycles. The summed E-state index contributed by atoms with van der Waals surface area (Å²) in [6.45, 7) is 1.74. The topological polar surface area (TPSA) is 100 Å². The normalized spacial score (nSPS) is 14.2. The minimum Gasteiger partial charge on any atom is -0.395 e. The number of anilines is 1. The fraction of sp³-hybridized carbons (Fsp3) is 0.250. The number of nitrogens with one attached hydrogen (secondary N) is 1. The average Bonchev–Trinajstić information content (AvgIpc) is 3.17. The highest BCUT2D eigenvalue weighted by Gasteiger charge is 2.30. The zero-order valence-corrected chi connectivity index (χ0v) is 13.1. The van der Waals surface area contributed by atoms with Gasteiger partial charge in [-0.15, -0.1) is 5.10 Å². The summed E-state index contributed by atoms with van der Waals surface area (Å²) < 4.78 is 1.68. The van der Waals surface area contributed by atoms with E-state index in [1.165, 1.54) is 6.08 Å². The van der Waals surface area contributed by atoms with Crippen molar-refractivity contribution in [1.82, 2.24) is 19.9 Å². The zero-order valence-electron chi connectivity index (χ0n) is 13.1. The third-order valence-corrected chi connectivity index (χ3v) is 3.65. The molecule has 1 aromatic heterocycles. The molecule has 1 aliphatic heterocycles. The van der Waals surface area contributed by atoms with Crippen LogP contribution in [0.25, 0.3) is 5.69 Å². The van der Waals surface area contributed by atoms with Crippen LogP contribution in [-0.4, -0.2) is 50.0 Å². The molecular weight excluding hydrogens is 310 g/mol. The van der Waals surface area contributed by atoms with E-state index in [-0.39, 0.29) is 18.8 Å². The average molecular weight is 327 g/mol. The number of nitrogens with zero attached hydrogens (tertiary/aromatic N) is 4. The monoisotopic (exact) mass is 327 g/mol. The first-order chi connectivity index (χ1) is 11.6. The van der Waals surface area contributed by atoms with Gasteiger partial charge in [-0.25, -0.2) is 4.68 Å². The van der Waals surface area contributed by atoms with Crippen molar-refractivity contribution in [3.05, 3.63) is 47.9 Å². The third-order valence-electron chi connectivity index (χ3n) is 3.65. The van der Waals surface area contributed by atoms with Crippen LogP contribution in [0.3, 0.4) is 0 Å². The number of aromatic nitrogens is 3. The predicted octanol–water partition coefficient (Wildman–Crippen LogP) is 0.487. The molecule has 2 amide bonds. The number of carbonyl (C=O) groups is 2. The Labute approximate surface area is 138 Å². The lowest BCUT2D eigenvalue weighted by molar-refractivity contribution is -0.137. The van der Waals surface area contributed by atoms with E-state index in [1.54, 1.807) is 16.8 Å². The van der Waals surface area contributed by atoms with Crippen molar-refractivity contribution in [2.24, 2.45) is 0 Å². The number of aliphatic hydroxyl groups excluding tert-OH is 1. The summed E-state index contributed by atoms with van der Waals surface area (Å²) in [7, 11) is 0. The highest BCUT2D eigenvalue weighted by molar-refractivity contribution is 6.17. The van der Waals surface area contributed by atoms with Crippen LogP contribution in [0.5, 0.6) is 0 Å². The van der Waals surface area contributed by atoms with Crippen LogP contribution >= 0.6 is 0 Å². The zero-order chi connectivity index (χ0) is 17.1. The van der Waals surface area contributed by atoms with Crippen molar-refractivity contribution < 1.29 is 14.7 Å². The Morgan fingerprint density at radius 2 is 1.96 bits per heavy atom. The molecule has 0 radical (unpaired) electrons. The number of β-amino-alcohol motifs (C(OH)–C–C–N with tert-alkyl or cyclic N) is 1. The molecule has 2 heterocycles. The summed E-state index contributed by atoms with van der Waals surface area (Å²) in [5, 5.41) is 19.9. The van der Waals surface area contributed by atoms with Gasteiger partial charge in [-0.2, -0.15) is 0 Å². The molecular formula is C16H17N5O3. The van der Waals surface area contributed by atoms with E-state index in [4.69, 9.17) is 5.11 Å². The minimum absolute atomic E-state index is 0.00958. The number of aliphatic hydroxyl groups is 1. The van der Waals surface area contributed by atoms with Gasteiger partial charge in [0.2, 0.25) is 0 Å². The lowest BCUT2D eigenvalue weighted by Crippen LogP contribution is -2.34. The van der Waals surface area contributed by atoms with Crippen LogP contribution in [0.4, 0.5) is 5.69 Å². The highest BCUT2D eigenvalue weighted by atomic mass is 16.3. The Kier molecular flexibility index (Phi) is 4.39. The summed E-state index contributed by atoms with van der Waals surface area (Å²) in [5.41, 5.74) is 2.61. The summed E-state index contributed by atoms with van der Waals surface area (Å²) in [5.74, 6) is -0.870. The largest absolute Gasteiger partial charge is 0.395 e. The van der Waals surface area contributed by atoms with E-state index in [2.05, 4.69) is 15.6 Å². The smallest absolute Gasteiger partial charge is 0.277 e. The Morgan fingerprint density at radius 3 is 2.58 bits per heavy atom. The maximum absolute atomic E-state index is 12.1. The second-order valence-corrected chi connectivity index (χ2v) is 5.26. The number of hydrogen-bond donors (Lipinski definition) is 2. The molecule has 1 aliphatic rings. The van der Waals surface area contributed by atoms with Gasteiger partial charge in [0.1, 0.15) is 5.70 Å². The van der Waals surface area contributed by atoms with Gasteiger partial charge >= 0.3 is 0 Å². The molecule has 1 aromatic carbocycles. The van der Waals surface area contributed by atoms with Gasteiger partial charge in [-0.05, 0) is 30.7 Å². The Hall–Kier alpha value is -3.00. The quantitative estimate of drug-likeness (QED) is 0.749. The van der Waals surface area contributed by atoms with Crippen molar-refractivity contribution in [1.29, 1.82) is 0 Å². The number of imide groups is 1. The van der Waals surface area contributed by atoms with Crippen LogP contribution in [0.1, 0.15) is 12.6 Å². The van der Waals surface area contributed by atoms with Gasteiger partial charge in [0.15, 0.2) is 0 Å². The molecule has 0 bridgehead atoms. The van der Waals surface area contributed by atoms with E-state index < -0.39 is 11.8 Å². The number of carbonyl (C=O) groups excluding carboxylic acids is 2. The SMILES string of the molecule is CCc1cn(-c2ccc(NC3=CC(=O)N(CCO)C3=O)cc2)nn1. The lowest BCUT2D eigenvalue weighted by Gasteiger charge is -2.13. The summed E-state index contributed by atoms with van der Waals surface area (Å²) in [6.07, 6.45) is 3.90. The molecule has 124 valence electrons. The second-order valence-electron chi connectivity index (χ2n) is 5.26. The van der Waals surface area contributed by atoms with Gasteiger partial charge in [-0.1, -0.05) is 12.1 Å². The first-order valence-electron chi connectivity index (χ1n) is 7.59. The minimum atomic E-state index is -0.443. The van der Waals surface area contributed by atoms with E-state index in [1.807, 2.05) is 25.3 Å². The van der Waals surface area contributed by atoms with Crippen LogP contribution in [0.15, 0.2) is 42.2 Å². The summed E-state index contributed by atoms with van der Waals surface area (Å²) in [4.78, 5) is 24.8. The van der Waals surface area contributed by atoms with Gasteiger partial charge < -0.3 is 10.4 Å². The molecule has 0 spiro atoms. The molecule has 3 rings (SSSR count). The van der Waals surface area contributed by atoms with E-state index in [9.17, 15) is 9.59 Å². The Balaban J connectivity index is 1.72. The van der Waals surface area contributed by atoms with Crippen molar-refractivity contribution in [2.75, 3.05) is 18.5 Å². The first kappa shape index (κ1) is 15.9. The van der Waals surface area contributed by atoms with Crippen molar-refractivity contribution in [3.8, 4) is 5.69 Å². The molecule has 0 saturated carbocycles. The van der Waals surface area contributed by atoms with Crippen molar-refractivity contribution in [2.45, 2.75) is 13.3 Å². The van der Waals surface area contributed by atoms with Gasteiger partial charge in [0.05, 0.1) is 30.7 Å². The standard InChI is InChI=1S/C16H17N5O3/c1-2-11-10-21(19-18-11)13-5-3-12(4-6-13)17-14-9-15(23)20(7-8-22)16(14)24/h3-6,9-10,17,22H,2,7-8H2,1H3. The number of hydrogen-bond acceptors (Lipinski definition) is 6. The van der Waals surface area contributed by atoms with Crippen molar-refractivity contribution in [3.63, 3.8) is 0 Å². The lowest BCUT2D eigenvalue weighted by atomic mass is 10.2. The molecule has 24 heavy (non-hydrogen) atoms. The predicted molar refractivity (Wildman–Crippen MR) is 86.2 cm³/mol. The molecule has 0 unspecified atom stereocenters. The highest BCUT2D eigenvalue weighted by Crippen LogP contribution is 2.18. The van der Waals surface area contributed by atoms with Crippen LogP contribution in [-0.2, 0) is 16.0 Å². The van der Waals surface area contributed by atoms with E-state index in [0.717, 1.165) is 22.7 Å². The molecule has 0 atom stereocenters. The summed E-state index contributed by atoms with van der Waals surface area (Å²) in [6, 6.07) is 7.25. The first-order valence-corrected chi connectivity index (χ1v) is 7.59. The van der Waals surface area contributed by atoms with Gasteiger partial charge in [0, 0.05) is 11.8 Å². The molecule has 8 nitrogen and oxygen atoms in total. The van der Waals surface area contributed by atoms with E-state index >= 15 is 0 Å². The third kappa shape index (κ3) is 3.04. The number of aryl methyl sites for hydroxylation is 1. The summed E-state index contributed by atoms with van der Waals surface area (Å²) >= 11 is 0. The molecule has 2 aromatic rings. The fourth-order valence-corrected chi connectivity index (χ4v) is 2.35. The Bertz CT molecular complexity index is 794. The molecule has 0 saturated heterocycles. The maximum Gasteiger partial charge on any atom is 0.277 e. The molecule has 2 N–H and O–H groups in total. The number of amides is 2.